The fourth-order valence-corrected chi connectivity index (χ4v) is 2.26. The molecule has 0 N–H and O–H groups in total. The van der Waals surface area contributed by atoms with Gasteiger partial charge in [-0.25, -0.2) is 0 Å². The van der Waals surface area contributed by atoms with Gasteiger partial charge in [0.15, 0.2) is 0 Å². The summed E-state index contributed by atoms with van der Waals surface area (Å²) in [5.41, 5.74) is 1.88. The molecule has 0 amide bonds. The first-order valence-corrected chi connectivity index (χ1v) is 6.33. The first kappa shape index (κ1) is 13.6. The Balaban J connectivity index is 2.10. The molecular formula is C15H12F3N3. The molecule has 0 spiro atoms. The van der Waals surface area contributed by atoms with Gasteiger partial charge in [0.25, 0.3) is 0 Å². The molecule has 2 heterocycles. The number of halogens is 3. The first-order valence-electron chi connectivity index (χ1n) is 6.33. The Labute approximate surface area is 119 Å². The van der Waals surface area contributed by atoms with Gasteiger partial charge in [-0.3, -0.25) is 9.67 Å². The molecule has 1 aromatic carbocycles. The molecule has 3 aromatic rings. The summed E-state index contributed by atoms with van der Waals surface area (Å²) in [5, 5.41) is 4.82. The highest BCUT2D eigenvalue weighted by molar-refractivity contribution is 5.83. The van der Waals surface area contributed by atoms with E-state index in [-0.39, 0.29) is 0 Å². The summed E-state index contributed by atoms with van der Waals surface area (Å²) in [6.45, 7) is 1.89. The second-order valence-corrected chi connectivity index (χ2v) is 4.90. The van der Waals surface area contributed by atoms with E-state index in [9.17, 15) is 13.2 Å². The van der Waals surface area contributed by atoms with Crippen LogP contribution in [0.25, 0.3) is 22.2 Å². The fraction of sp³-hybridized carbons (Fsp3) is 0.200. The van der Waals surface area contributed by atoms with Crippen LogP contribution in [0.3, 0.4) is 0 Å². The summed E-state index contributed by atoms with van der Waals surface area (Å²) >= 11 is 0. The van der Waals surface area contributed by atoms with Crippen LogP contribution >= 0.6 is 0 Å². The maximum Gasteiger partial charge on any atom is 0.433 e. The van der Waals surface area contributed by atoms with E-state index in [1.807, 2.05) is 19.1 Å². The summed E-state index contributed by atoms with van der Waals surface area (Å²) in [7, 11) is 1.29. The molecule has 6 heteroatoms. The van der Waals surface area contributed by atoms with Gasteiger partial charge >= 0.3 is 6.18 Å². The molecule has 0 unspecified atom stereocenters. The van der Waals surface area contributed by atoms with Crippen LogP contribution < -0.4 is 0 Å². The quantitative estimate of drug-likeness (QED) is 0.679. The van der Waals surface area contributed by atoms with Crippen molar-refractivity contribution in [3.05, 3.63) is 47.8 Å². The third kappa shape index (κ3) is 2.49. The number of aryl methyl sites for hydroxylation is 2. The van der Waals surface area contributed by atoms with Crippen molar-refractivity contribution in [3.8, 4) is 11.3 Å². The van der Waals surface area contributed by atoms with Gasteiger partial charge in [-0.2, -0.15) is 18.3 Å². The summed E-state index contributed by atoms with van der Waals surface area (Å²) in [6.07, 6.45) is -4.41. The molecule has 3 nitrogen and oxygen atoms in total. The van der Waals surface area contributed by atoms with E-state index in [1.165, 1.54) is 7.05 Å². The van der Waals surface area contributed by atoms with Crippen molar-refractivity contribution in [2.24, 2.45) is 7.05 Å². The zero-order valence-electron chi connectivity index (χ0n) is 11.4. The van der Waals surface area contributed by atoms with E-state index in [0.29, 0.717) is 11.3 Å². The fourth-order valence-electron chi connectivity index (χ4n) is 2.26. The van der Waals surface area contributed by atoms with Crippen LogP contribution in [0.4, 0.5) is 13.2 Å². The van der Waals surface area contributed by atoms with Crippen LogP contribution in [0, 0.1) is 6.92 Å². The molecule has 0 bridgehead atoms. The maximum absolute atomic E-state index is 12.8. The van der Waals surface area contributed by atoms with Crippen molar-refractivity contribution in [1.82, 2.24) is 14.8 Å². The molecule has 0 radical (unpaired) electrons. The monoisotopic (exact) mass is 291 g/mol. The Hall–Kier alpha value is -2.37. The van der Waals surface area contributed by atoms with Crippen molar-refractivity contribution < 1.29 is 13.2 Å². The van der Waals surface area contributed by atoms with Crippen LogP contribution in [-0.4, -0.2) is 14.8 Å². The predicted octanol–water partition coefficient (Wildman–Crippen LogP) is 3.96. The van der Waals surface area contributed by atoms with Crippen LogP contribution in [0.1, 0.15) is 11.4 Å². The third-order valence-electron chi connectivity index (χ3n) is 3.29. The molecule has 0 aliphatic heterocycles. The summed E-state index contributed by atoms with van der Waals surface area (Å²) in [5.74, 6) is 0. The highest BCUT2D eigenvalue weighted by Gasteiger charge is 2.35. The average Bonchev–Trinajstić information content (AvgIpc) is 2.80. The average molecular weight is 291 g/mol. The Bertz CT molecular complexity index is 819. The van der Waals surface area contributed by atoms with Gasteiger partial charge in [0, 0.05) is 23.7 Å². The number of hydrogen-bond donors (Lipinski definition) is 0. The van der Waals surface area contributed by atoms with Crippen molar-refractivity contribution in [3.63, 3.8) is 0 Å². The second kappa shape index (κ2) is 4.58. The summed E-state index contributed by atoms with van der Waals surface area (Å²) in [6, 6.07) is 10.1. The molecule has 0 saturated carbocycles. The number of nitrogens with zero attached hydrogens (tertiary/aromatic N) is 3. The molecule has 0 atom stereocenters. The highest BCUT2D eigenvalue weighted by Crippen LogP contribution is 2.32. The lowest BCUT2D eigenvalue weighted by Gasteiger charge is -2.04. The van der Waals surface area contributed by atoms with Gasteiger partial charge in [0.2, 0.25) is 0 Å². The number of rotatable bonds is 1. The molecule has 108 valence electrons. The number of fused-ring (bicyclic) bond motifs is 1. The maximum atomic E-state index is 12.8. The van der Waals surface area contributed by atoms with E-state index in [1.54, 1.807) is 18.2 Å². The minimum absolute atomic E-state index is 0.298. The second-order valence-electron chi connectivity index (χ2n) is 4.90. The third-order valence-corrected chi connectivity index (χ3v) is 3.29. The number of pyridine rings is 1. The number of alkyl halides is 3. The molecule has 3 rings (SSSR count). The zero-order chi connectivity index (χ0) is 15.2. The molecule has 21 heavy (non-hydrogen) atoms. The van der Waals surface area contributed by atoms with E-state index >= 15 is 0 Å². The van der Waals surface area contributed by atoms with Gasteiger partial charge in [-0.05, 0) is 31.2 Å². The SMILES string of the molecule is Cc1ccc2cc(-c3cc(C(F)(F)F)n(C)n3)ccc2n1. The lowest BCUT2D eigenvalue weighted by atomic mass is 10.1. The molecule has 0 saturated heterocycles. The van der Waals surface area contributed by atoms with Crippen LogP contribution in [0.5, 0.6) is 0 Å². The van der Waals surface area contributed by atoms with Gasteiger partial charge in [-0.1, -0.05) is 12.1 Å². The molecule has 2 aromatic heterocycles. The Kier molecular flexibility index (Phi) is 2.97. The topological polar surface area (TPSA) is 30.7 Å². The lowest BCUT2D eigenvalue weighted by molar-refractivity contribution is -0.143. The van der Waals surface area contributed by atoms with Crippen LogP contribution in [-0.2, 0) is 13.2 Å². The molecule has 0 fully saturated rings. The Morgan fingerprint density at radius 2 is 1.81 bits per heavy atom. The Morgan fingerprint density at radius 1 is 1.05 bits per heavy atom. The number of aromatic nitrogens is 3. The highest BCUT2D eigenvalue weighted by atomic mass is 19.4. The van der Waals surface area contributed by atoms with E-state index in [4.69, 9.17) is 0 Å². The minimum atomic E-state index is -4.41. The standard InChI is InChI=1S/C15H12F3N3/c1-9-3-4-10-7-11(5-6-12(10)19-9)13-8-14(15(16,17)18)21(2)20-13/h3-8H,1-2H3. The van der Waals surface area contributed by atoms with E-state index in [2.05, 4.69) is 10.1 Å². The number of benzene rings is 1. The van der Waals surface area contributed by atoms with Gasteiger partial charge in [0.1, 0.15) is 5.69 Å². The smallest absolute Gasteiger partial charge is 0.263 e. The molecule has 0 aliphatic carbocycles. The predicted molar refractivity (Wildman–Crippen MR) is 73.7 cm³/mol. The first-order chi connectivity index (χ1) is 9.84. The summed E-state index contributed by atoms with van der Waals surface area (Å²) < 4.78 is 39.3. The summed E-state index contributed by atoms with van der Waals surface area (Å²) in [4.78, 5) is 4.37. The van der Waals surface area contributed by atoms with Crippen molar-refractivity contribution in [1.29, 1.82) is 0 Å². The largest absolute Gasteiger partial charge is 0.433 e. The minimum Gasteiger partial charge on any atom is -0.263 e. The normalized spacial score (nSPS) is 12.0. The van der Waals surface area contributed by atoms with E-state index in [0.717, 1.165) is 27.3 Å². The van der Waals surface area contributed by atoms with Crippen molar-refractivity contribution >= 4 is 10.9 Å². The Morgan fingerprint density at radius 3 is 2.48 bits per heavy atom. The van der Waals surface area contributed by atoms with Crippen LogP contribution in [0.2, 0.25) is 0 Å². The van der Waals surface area contributed by atoms with Gasteiger partial charge in [-0.15, -0.1) is 0 Å². The van der Waals surface area contributed by atoms with Gasteiger partial charge < -0.3 is 0 Å². The van der Waals surface area contributed by atoms with Gasteiger partial charge in [0.05, 0.1) is 11.2 Å². The molecule has 0 aliphatic rings. The van der Waals surface area contributed by atoms with Crippen molar-refractivity contribution in [2.45, 2.75) is 13.1 Å². The molecular weight excluding hydrogens is 279 g/mol. The lowest BCUT2D eigenvalue weighted by Crippen LogP contribution is -2.11. The van der Waals surface area contributed by atoms with Crippen molar-refractivity contribution in [2.75, 3.05) is 0 Å². The van der Waals surface area contributed by atoms with Crippen LogP contribution in [0.15, 0.2) is 36.4 Å². The van der Waals surface area contributed by atoms with E-state index < -0.39 is 11.9 Å². The number of hydrogen-bond acceptors (Lipinski definition) is 2. The zero-order valence-corrected chi connectivity index (χ0v) is 11.4.